The monoisotopic (exact) mass is 531 g/mol. The molecule has 1 saturated carbocycles. The maximum atomic E-state index is 13.3. The molecule has 8 heteroatoms. The number of amides is 1. The van der Waals surface area contributed by atoms with E-state index in [9.17, 15) is 14.7 Å². The van der Waals surface area contributed by atoms with Crippen molar-refractivity contribution in [3.05, 3.63) is 89.9 Å². The third kappa shape index (κ3) is 7.00. The number of carbonyl (C=O) groups excluding carboxylic acids is 1. The minimum atomic E-state index is -1.61. The van der Waals surface area contributed by atoms with E-state index in [0.717, 1.165) is 24.7 Å². The van der Waals surface area contributed by atoms with Crippen molar-refractivity contribution < 1.29 is 23.8 Å². The van der Waals surface area contributed by atoms with E-state index in [4.69, 9.17) is 14.9 Å². The Morgan fingerprint density at radius 1 is 1.13 bits per heavy atom. The minimum absolute atomic E-state index is 0.0376. The third-order valence-corrected chi connectivity index (χ3v) is 7.55. The number of allylic oxidation sites excluding steroid dienone is 1. The number of oxazole rings is 1. The van der Waals surface area contributed by atoms with Crippen molar-refractivity contribution >= 4 is 18.0 Å². The molecule has 2 heterocycles. The van der Waals surface area contributed by atoms with Crippen LogP contribution in [0.1, 0.15) is 85.3 Å². The van der Waals surface area contributed by atoms with Crippen LogP contribution in [0.15, 0.2) is 71.6 Å². The van der Waals surface area contributed by atoms with Gasteiger partial charge in [0.1, 0.15) is 6.26 Å². The van der Waals surface area contributed by atoms with Crippen molar-refractivity contribution in [3.63, 3.8) is 0 Å². The number of ether oxygens (including phenoxy) is 1. The number of carbonyl (C=O) groups is 2. The van der Waals surface area contributed by atoms with Crippen molar-refractivity contribution in [1.82, 2.24) is 9.97 Å². The molecule has 2 aromatic heterocycles. The van der Waals surface area contributed by atoms with E-state index in [1.165, 1.54) is 19.3 Å². The lowest BCUT2D eigenvalue weighted by molar-refractivity contribution is -0.145. The molecule has 3 N–H and O–H groups in total. The average Bonchev–Trinajstić information content (AvgIpc) is 3.46. The lowest BCUT2D eigenvalue weighted by Gasteiger charge is -2.35. The van der Waals surface area contributed by atoms with E-state index in [2.05, 4.69) is 9.97 Å². The Morgan fingerprint density at radius 2 is 1.92 bits per heavy atom. The van der Waals surface area contributed by atoms with Crippen molar-refractivity contribution in [3.8, 4) is 0 Å². The molecule has 1 fully saturated rings. The molecular formula is C31H37N3O5. The molecule has 2 unspecified atom stereocenters. The molecule has 2 atom stereocenters. The van der Waals surface area contributed by atoms with Crippen molar-refractivity contribution in [2.45, 2.75) is 69.3 Å². The van der Waals surface area contributed by atoms with E-state index in [1.54, 1.807) is 36.7 Å². The minimum Gasteiger partial charge on any atom is -0.480 e. The molecule has 0 bridgehead atoms. The van der Waals surface area contributed by atoms with Crippen molar-refractivity contribution in [1.29, 1.82) is 0 Å². The normalized spacial score (nSPS) is 16.6. The second-order valence-corrected chi connectivity index (χ2v) is 10.1. The van der Waals surface area contributed by atoms with Gasteiger partial charge >= 0.3 is 5.97 Å². The number of benzene rings is 1. The Hall–Kier alpha value is -3.78. The van der Waals surface area contributed by atoms with Gasteiger partial charge in [0.25, 0.3) is 5.91 Å². The van der Waals surface area contributed by atoms with Crippen molar-refractivity contribution in [2.75, 3.05) is 6.61 Å². The van der Waals surface area contributed by atoms with Crippen LogP contribution in [-0.4, -0.2) is 39.7 Å². The molecule has 206 valence electrons. The Kier molecular flexibility index (Phi) is 10.0. The van der Waals surface area contributed by atoms with Crippen LogP contribution < -0.4 is 5.73 Å². The maximum absolute atomic E-state index is 13.3. The fourth-order valence-corrected chi connectivity index (χ4v) is 5.57. The molecule has 0 saturated heterocycles. The van der Waals surface area contributed by atoms with Crippen LogP contribution in [0.5, 0.6) is 0 Å². The molecule has 3 aromatic rings. The summed E-state index contributed by atoms with van der Waals surface area (Å²) in [5.41, 5.74) is 5.26. The molecule has 0 spiro atoms. The number of nitrogens with two attached hydrogens (primary N) is 1. The lowest BCUT2D eigenvalue weighted by Crippen LogP contribution is -2.45. The Morgan fingerprint density at radius 3 is 2.59 bits per heavy atom. The first kappa shape index (κ1) is 28.2. The van der Waals surface area contributed by atoms with Crippen LogP contribution in [-0.2, 0) is 14.9 Å². The highest BCUT2D eigenvalue weighted by Crippen LogP contribution is 2.44. The summed E-state index contributed by atoms with van der Waals surface area (Å²) in [5, 5.41) is 10.9. The van der Waals surface area contributed by atoms with Crippen LogP contribution in [0.25, 0.3) is 6.08 Å². The molecule has 1 aliphatic carbocycles. The van der Waals surface area contributed by atoms with Gasteiger partial charge in [0.2, 0.25) is 5.89 Å². The first-order chi connectivity index (χ1) is 19.0. The molecule has 1 aliphatic rings. The average molecular weight is 532 g/mol. The number of nitrogens with zero attached hydrogens (tertiary/aromatic N) is 2. The smallest absolute Gasteiger partial charge is 0.323 e. The van der Waals surface area contributed by atoms with Crippen LogP contribution in [0.4, 0.5) is 0 Å². The number of primary amides is 1. The molecule has 8 nitrogen and oxygen atoms in total. The van der Waals surface area contributed by atoms with E-state index < -0.39 is 23.2 Å². The quantitative estimate of drug-likeness (QED) is 0.252. The Balaban J connectivity index is 1.64. The largest absolute Gasteiger partial charge is 0.480 e. The molecule has 39 heavy (non-hydrogen) atoms. The van der Waals surface area contributed by atoms with Gasteiger partial charge in [-0.1, -0.05) is 67.8 Å². The fraction of sp³-hybridized carbons (Fsp3) is 0.419. The number of aromatic nitrogens is 2. The van der Waals surface area contributed by atoms with Gasteiger partial charge in [0, 0.05) is 19.0 Å². The summed E-state index contributed by atoms with van der Waals surface area (Å²) >= 11 is 0. The van der Waals surface area contributed by atoms with Gasteiger partial charge in [0.15, 0.2) is 11.1 Å². The Labute approximate surface area is 229 Å². The van der Waals surface area contributed by atoms with Crippen LogP contribution in [0.3, 0.4) is 0 Å². The summed E-state index contributed by atoms with van der Waals surface area (Å²) in [6, 6.07) is 12.8. The zero-order valence-electron chi connectivity index (χ0n) is 22.2. The van der Waals surface area contributed by atoms with Gasteiger partial charge in [-0.2, -0.15) is 0 Å². The highest BCUT2D eigenvalue weighted by molar-refractivity contribution is 5.91. The number of hydrogen-bond donors (Lipinski definition) is 2. The fourth-order valence-electron chi connectivity index (χ4n) is 5.57. The number of hydrogen-bond acceptors (Lipinski definition) is 6. The van der Waals surface area contributed by atoms with Gasteiger partial charge < -0.3 is 20.0 Å². The number of carboxylic acid groups (broad SMARTS) is 1. The zero-order valence-corrected chi connectivity index (χ0v) is 22.2. The molecule has 1 amide bonds. The van der Waals surface area contributed by atoms with E-state index >= 15 is 0 Å². The predicted molar refractivity (Wildman–Crippen MR) is 148 cm³/mol. The molecular weight excluding hydrogens is 494 g/mol. The lowest BCUT2D eigenvalue weighted by atomic mass is 9.66. The van der Waals surface area contributed by atoms with E-state index in [0.29, 0.717) is 37.9 Å². The highest BCUT2D eigenvalue weighted by Gasteiger charge is 2.52. The topological polar surface area (TPSA) is 129 Å². The van der Waals surface area contributed by atoms with Gasteiger partial charge in [-0.3, -0.25) is 14.6 Å². The van der Waals surface area contributed by atoms with E-state index in [-0.39, 0.29) is 17.7 Å². The van der Waals surface area contributed by atoms with Crippen LogP contribution in [0, 0.1) is 5.92 Å². The summed E-state index contributed by atoms with van der Waals surface area (Å²) in [6.07, 6.45) is 17.2. The third-order valence-electron chi connectivity index (χ3n) is 7.55. The first-order valence-corrected chi connectivity index (χ1v) is 13.7. The van der Waals surface area contributed by atoms with Gasteiger partial charge in [0.05, 0.1) is 6.10 Å². The summed E-state index contributed by atoms with van der Waals surface area (Å²) in [6.45, 7) is 0.565. The predicted octanol–water partition coefficient (Wildman–Crippen LogP) is 5.78. The van der Waals surface area contributed by atoms with Crippen LogP contribution in [0.2, 0.25) is 0 Å². The van der Waals surface area contributed by atoms with Gasteiger partial charge in [-0.15, -0.1) is 0 Å². The molecule has 0 radical (unpaired) electrons. The summed E-state index contributed by atoms with van der Waals surface area (Å²) < 4.78 is 11.9. The zero-order chi connectivity index (χ0) is 27.5. The molecule has 4 rings (SSSR count). The summed E-state index contributed by atoms with van der Waals surface area (Å²) in [7, 11) is 0. The number of carboxylic acids is 1. The standard InChI is InChI=1S/C31H37N3O5/c32-28(35)27-22-39-29(34-27)31(30(36)37,24-13-3-1-4-14-24)25(15-8-7-11-23-12-9-19-33-21-23)16-10-20-38-26-17-5-2-6-18-26/h1,3-4,7,9,11-14,19,21-22,25-26H,2,5-6,8,10,15-18,20H2,(H2,32,35)(H,36,37). The number of rotatable bonds is 14. The Bertz CT molecular complexity index is 1220. The SMILES string of the molecule is NC(=O)c1coc(C(C(=O)O)(c2ccccc2)C(CCC=Cc2cccnc2)CCCOC2CCCCC2)n1. The van der Waals surface area contributed by atoms with Gasteiger partial charge in [-0.05, 0) is 61.6 Å². The second-order valence-electron chi connectivity index (χ2n) is 10.1. The molecule has 0 aliphatic heterocycles. The second kappa shape index (κ2) is 13.8. The first-order valence-electron chi connectivity index (χ1n) is 13.7. The highest BCUT2D eigenvalue weighted by atomic mass is 16.5. The summed E-state index contributed by atoms with van der Waals surface area (Å²) in [4.78, 5) is 33.6. The summed E-state index contributed by atoms with van der Waals surface area (Å²) in [5.74, 6) is -2.29. The van der Waals surface area contributed by atoms with Crippen molar-refractivity contribution in [2.24, 2.45) is 11.7 Å². The van der Waals surface area contributed by atoms with E-state index in [1.807, 2.05) is 30.4 Å². The maximum Gasteiger partial charge on any atom is 0.323 e. The number of aliphatic carboxylic acids is 1. The number of pyridine rings is 1. The van der Waals surface area contributed by atoms with Gasteiger partial charge in [-0.25, -0.2) is 4.98 Å². The van der Waals surface area contributed by atoms with Crippen LogP contribution >= 0.6 is 0 Å². The molecule has 1 aromatic carbocycles.